The van der Waals surface area contributed by atoms with Gasteiger partial charge in [-0.2, -0.15) is 0 Å². The topological polar surface area (TPSA) is 115 Å². The van der Waals surface area contributed by atoms with Crippen LogP contribution in [0.4, 0.5) is 0 Å². The maximum atomic E-state index is 12.2. The van der Waals surface area contributed by atoms with Crippen molar-refractivity contribution in [1.29, 1.82) is 0 Å². The zero-order chi connectivity index (χ0) is 16.8. The van der Waals surface area contributed by atoms with Crippen molar-refractivity contribution in [3.05, 3.63) is 32.6 Å². The third kappa shape index (κ3) is 2.86. The fraction of sp³-hybridized carbons (Fsp3) is 0.714. The molecule has 0 bridgehead atoms. The summed E-state index contributed by atoms with van der Waals surface area (Å²) in [5, 5.41) is 12.4. The number of aromatic nitrogens is 2. The molecule has 23 heavy (non-hydrogen) atoms. The van der Waals surface area contributed by atoms with Crippen molar-refractivity contribution in [1.82, 2.24) is 14.9 Å². The number of ether oxygens (including phenoxy) is 3. The second-order valence-electron chi connectivity index (χ2n) is 6.16. The van der Waals surface area contributed by atoms with Crippen LogP contribution in [0, 0.1) is 0 Å². The van der Waals surface area contributed by atoms with Gasteiger partial charge < -0.3 is 24.6 Å². The largest absolute Gasteiger partial charge is 0.394 e. The van der Waals surface area contributed by atoms with Crippen LogP contribution in [0.25, 0.3) is 0 Å². The SMILES string of the molecule is CNCc1cn([C@@H]2O[C@H](CO)C3OC(C)(C)OC32)c(=O)[nH]c1=O. The highest BCUT2D eigenvalue weighted by Crippen LogP contribution is 2.42. The number of aromatic amines is 1. The standard InChI is InChI=1S/C14H21N3O6/c1-14(2)22-9-8(6-18)21-12(10(9)23-14)17-5-7(4-15-3)11(19)16-13(17)20/h5,8-10,12,15,18H,4,6H2,1-3H3,(H,16,19,20)/t8-,9?,10?,12-/m1/s1. The lowest BCUT2D eigenvalue weighted by Crippen LogP contribution is -2.39. The van der Waals surface area contributed by atoms with Crippen LogP contribution in [0.1, 0.15) is 25.6 Å². The molecule has 1 aromatic rings. The van der Waals surface area contributed by atoms with Crippen molar-refractivity contribution in [2.45, 2.75) is 50.7 Å². The maximum absolute atomic E-state index is 12.2. The van der Waals surface area contributed by atoms with E-state index in [0.717, 1.165) is 0 Å². The molecule has 2 aliphatic rings. The predicted molar refractivity (Wildman–Crippen MR) is 78.9 cm³/mol. The molecule has 2 unspecified atom stereocenters. The molecule has 4 atom stereocenters. The number of nitrogens with one attached hydrogen (secondary N) is 2. The average molecular weight is 327 g/mol. The summed E-state index contributed by atoms with van der Waals surface area (Å²) in [7, 11) is 1.70. The van der Waals surface area contributed by atoms with Gasteiger partial charge >= 0.3 is 5.69 Å². The van der Waals surface area contributed by atoms with Crippen molar-refractivity contribution in [3.63, 3.8) is 0 Å². The van der Waals surface area contributed by atoms with Gasteiger partial charge in [0, 0.05) is 18.3 Å². The van der Waals surface area contributed by atoms with Crippen molar-refractivity contribution < 1.29 is 19.3 Å². The minimum absolute atomic E-state index is 0.251. The van der Waals surface area contributed by atoms with E-state index in [-0.39, 0.29) is 6.61 Å². The number of rotatable bonds is 4. The summed E-state index contributed by atoms with van der Waals surface area (Å²) in [4.78, 5) is 26.3. The zero-order valence-electron chi connectivity index (χ0n) is 13.2. The van der Waals surface area contributed by atoms with Gasteiger partial charge in [-0.15, -0.1) is 0 Å². The first kappa shape index (κ1) is 16.3. The predicted octanol–water partition coefficient (Wildman–Crippen LogP) is -1.33. The second-order valence-corrected chi connectivity index (χ2v) is 6.16. The Labute approximate surface area is 132 Å². The van der Waals surface area contributed by atoms with Crippen LogP contribution in [0.2, 0.25) is 0 Å². The van der Waals surface area contributed by atoms with Crippen molar-refractivity contribution >= 4 is 0 Å². The van der Waals surface area contributed by atoms with E-state index in [1.165, 1.54) is 10.8 Å². The van der Waals surface area contributed by atoms with Gasteiger partial charge in [-0.05, 0) is 20.9 Å². The Morgan fingerprint density at radius 2 is 2.04 bits per heavy atom. The molecule has 2 aliphatic heterocycles. The molecule has 0 aliphatic carbocycles. The fourth-order valence-electron chi connectivity index (χ4n) is 3.06. The normalized spacial score (nSPS) is 32.2. The molecule has 2 fully saturated rings. The molecule has 3 N–H and O–H groups in total. The van der Waals surface area contributed by atoms with Gasteiger partial charge in [-0.25, -0.2) is 4.79 Å². The molecular weight excluding hydrogens is 306 g/mol. The second kappa shape index (κ2) is 5.84. The van der Waals surface area contributed by atoms with E-state index in [1.807, 2.05) is 0 Å². The van der Waals surface area contributed by atoms with E-state index in [9.17, 15) is 14.7 Å². The molecule has 0 spiro atoms. The van der Waals surface area contributed by atoms with Gasteiger partial charge in [0.1, 0.15) is 18.3 Å². The van der Waals surface area contributed by atoms with Gasteiger partial charge in [0.2, 0.25) is 0 Å². The third-order valence-electron chi connectivity index (χ3n) is 3.99. The van der Waals surface area contributed by atoms with Crippen LogP contribution in [0.15, 0.2) is 15.8 Å². The van der Waals surface area contributed by atoms with Gasteiger partial charge in [0.05, 0.1) is 6.61 Å². The Balaban J connectivity index is 2.00. The van der Waals surface area contributed by atoms with Gasteiger partial charge in [-0.3, -0.25) is 14.3 Å². The molecule has 2 saturated heterocycles. The molecule has 0 saturated carbocycles. The molecule has 3 rings (SSSR count). The first-order valence-corrected chi connectivity index (χ1v) is 7.47. The lowest BCUT2D eigenvalue weighted by atomic mass is 10.1. The van der Waals surface area contributed by atoms with E-state index in [2.05, 4.69) is 10.3 Å². The number of hydrogen-bond acceptors (Lipinski definition) is 7. The number of fused-ring (bicyclic) bond motifs is 1. The molecule has 1 aromatic heterocycles. The van der Waals surface area contributed by atoms with Crippen LogP contribution >= 0.6 is 0 Å². The molecule has 128 valence electrons. The van der Waals surface area contributed by atoms with Gasteiger partial charge in [0.25, 0.3) is 5.56 Å². The Morgan fingerprint density at radius 1 is 1.35 bits per heavy atom. The first-order valence-electron chi connectivity index (χ1n) is 7.47. The first-order chi connectivity index (χ1) is 10.9. The van der Waals surface area contributed by atoms with E-state index in [0.29, 0.717) is 12.1 Å². The molecule has 0 radical (unpaired) electrons. The average Bonchev–Trinajstić information content (AvgIpc) is 2.95. The maximum Gasteiger partial charge on any atom is 0.330 e. The number of aliphatic hydroxyl groups excluding tert-OH is 1. The lowest BCUT2D eigenvalue weighted by Gasteiger charge is -2.24. The molecule has 0 aromatic carbocycles. The zero-order valence-corrected chi connectivity index (χ0v) is 13.2. The third-order valence-corrected chi connectivity index (χ3v) is 3.99. The summed E-state index contributed by atoms with van der Waals surface area (Å²) in [5.74, 6) is -0.829. The molecule has 9 heteroatoms. The summed E-state index contributed by atoms with van der Waals surface area (Å²) >= 11 is 0. The quantitative estimate of drug-likeness (QED) is 0.627. The minimum atomic E-state index is -0.829. The lowest BCUT2D eigenvalue weighted by molar-refractivity contribution is -0.200. The minimum Gasteiger partial charge on any atom is -0.394 e. The number of H-pyrrole nitrogens is 1. The van der Waals surface area contributed by atoms with Crippen LogP contribution in [0.5, 0.6) is 0 Å². The fourth-order valence-corrected chi connectivity index (χ4v) is 3.06. The highest BCUT2D eigenvalue weighted by Gasteiger charge is 2.55. The highest BCUT2D eigenvalue weighted by molar-refractivity contribution is 5.06. The van der Waals surface area contributed by atoms with E-state index < -0.39 is 41.6 Å². The van der Waals surface area contributed by atoms with Crippen LogP contribution in [-0.4, -0.2) is 52.4 Å². The molecule has 0 amide bonds. The van der Waals surface area contributed by atoms with Crippen LogP contribution in [0.3, 0.4) is 0 Å². The van der Waals surface area contributed by atoms with Crippen molar-refractivity contribution in [3.8, 4) is 0 Å². The van der Waals surface area contributed by atoms with E-state index >= 15 is 0 Å². The Morgan fingerprint density at radius 3 is 2.70 bits per heavy atom. The van der Waals surface area contributed by atoms with Crippen LogP contribution < -0.4 is 16.6 Å². The van der Waals surface area contributed by atoms with Crippen LogP contribution in [-0.2, 0) is 20.8 Å². The van der Waals surface area contributed by atoms with Crippen molar-refractivity contribution in [2.75, 3.05) is 13.7 Å². The van der Waals surface area contributed by atoms with E-state index in [4.69, 9.17) is 14.2 Å². The molecular formula is C14H21N3O6. The summed E-state index contributed by atoms with van der Waals surface area (Å²) in [5.41, 5.74) is -0.638. The molecule has 9 nitrogen and oxygen atoms in total. The Bertz CT molecular complexity index is 696. The Kier molecular flexibility index (Phi) is 4.15. The Hall–Kier alpha value is -1.52. The molecule has 3 heterocycles. The monoisotopic (exact) mass is 327 g/mol. The van der Waals surface area contributed by atoms with E-state index in [1.54, 1.807) is 20.9 Å². The van der Waals surface area contributed by atoms with Gasteiger partial charge in [-0.1, -0.05) is 0 Å². The summed E-state index contributed by atoms with van der Waals surface area (Å²) in [6.45, 7) is 3.58. The summed E-state index contributed by atoms with van der Waals surface area (Å²) in [6.07, 6.45) is -0.953. The van der Waals surface area contributed by atoms with Crippen molar-refractivity contribution in [2.24, 2.45) is 0 Å². The summed E-state index contributed by atoms with van der Waals surface area (Å²) < 4.78 is 18.6. The number of nitrogens with zero attached hydrogens (tertiary/aromatic N) is 1. The van der Waals surface area contributed by atoms with Gasteiger partial charge in [0.15, 0.2) is 12.0 Å². The smallest absolute Gasteiger partial charge is 0.330 e. The number of aliphatic hydroxyl groups is 1. The number of hydrogen-bond donors (Lipinski definition) is 3. The summed E-state index contributed by atoms with van der Waals surface area (Å²) in [6, 6.07) is 0. The highest BCUT2D eigenvalue weighted by atomic mass is 16.8.